The highest BCUT2D eigenvalue weighted by atomic mass is 16.5. The summed E-state index contributed by atoms with van der Waals surface area (Å²) in [5.74, 6) is 1.01. The molecule has 0 spiro atoms. The Hall–Kier alpha value is -3.80. The first-order chi connectivity index (χ1) is 14.8. The smallest absolute Gasteiger partial charge is 0.227 e. The molecule has 0 aliphatic carbocycles. The minimum Gasteiger partial charge on any atom is -0.339 e. The fraction of sp³-hybridized carbons (Fsp3) is 0.167. The van der Waals surface area contributed by atoms with Gasteiger partial charge in [0.1, 0.15) is 0 Å². The molecule has 0 saturated heterocycles. The zero-order valence-corrected chi connectivity index (χ0v) is 16.5. The summed E-state index contributed by atoms with van der Waals surface area (Å²) in [6.07, 6.45) is 4.06. The van der Waals surface area contributed by atoms with Crippen molar-refractivity contribution in [2.75, 3.05) is 0 Å². The Morgan fingerprint density at radius 3 is 2.03 bits per heavy atom. The highest BCUT2D eigenvalue weighted by Gasteiger charge is 2.17. The van der Waals surface area contributed by atoms with E-state index < -0.39 is 0 Å². The number of carbonyl (C=O) groups excluding carboxylic acids is 1. The van der Waals surface area contributed by atoms with Gasteiger partial charge in [-0.2, -0.15) is 4.98 Å². The number of nitrogens with zero attached hydrogens (tertiary/aromatic N) is 4. The van der Waals surface area contributed by atoms with Crippen LogP contribution in [0.5, 0.6) is 0 Å². The Kier molecular flexibility index (Phi) is 6.25. The van der Waals surface area contributed by atoms with E-state index in [2.05, 4.69) is 15.1 Å². The van der Waals surface area contributed by atoms with Gasteiger partial charge in [0.05, 0.1) is 0 Å². The first-order valence-electron chi connectivity index (χ1n) is 9.86. The van der Waals surface area contributed by atoms with E-state index in [0.29, 0.717) is 37.6 Å². The van der Waals surface area contributed by atoms with Crippen LogP contribution in [0.15, 0.2) is 89.7 Å². The van der Waals surface area contributed by atoms with Gasteiger partial charge in [-0.1, -0.05) is 65.8 Å². The number of aryl methyl sites for hydroxylation is 1. The zero-order chi connectivity index (χ0) is 20.6. The molecule has 0 bridgehead atoms. The van der Waals surface area contributed by atoms with Crippen molar-refractivity contribution in [3.63, 3.8) is 0 Å². The average molecular weight is 398 g/mol. The van der Waals surface area contributed by atoms with E-state index >= 15 is 0 Å². The van der Waals surface area contributed by atoms with Crippen LogP contribution in [0.1, 0.15) is 23.4 Å². The van der Waals surface area contributed by atoms with Gasteiger partial charge >= 0.3 is 0 Å². The lowest BCUT2D eigenvalue weighted by Crippen LogP contribution is -2.30. The summed E-state index contributed by atoms with van der Waals surface area (Å²) in [5, 5.41) is 4.01. The molecule has 6 heteroatoms. The van der Waals surface area contributed by atoms with Crippen LogP contribution in [-0.2, 0) is 24.3 Å². The molecule has 150 valence electrons. The minimum atomic E-state index is 0.0476. The topological polar surface area (TPSA) is 72.1 Å². The molecule has 1 amide bonds. The first kappa shape index (κ1) is 19.5. The molecule has 4 aromatic rings. The molecule has 0 aliphatic rings. The average Bonchev–Trinajstić information content (AvgIpc) is 3.28. The number of aromatic nitrogens is 3. The zero-order valence-electron chi connectivity index (χ0n) is 16.5. The van der Waals surface area contributed by atoms with Gasteiger partial charge in [-0.3, -0.25) is 9.78 Å². The van der Waals surface area contributed by atoms with Crippen molar-refractivity contribution >= 4 is 5.91 Å². The van der Waals surface area contributed by atoms with Gasteiger partial charge in [0.25, 0.3) is 0 Å². The van der Waals surface area contributed by atoms with Gasteiger partial charge in [0.15, 0.2) is 0 Å². The third-order valence-corrected chi connectivity index (χ3v) is 4.74. The molecular formula is C24H22N4O2. The number of carbonyl (C=O) groups is 1. The monoisotopic (exact) mass is 398 g/mol. The van der Waals surface area contributed by atoms with Crippen LogP contribution in [0.3, 0.4) is 0 Å². The molecule has 0 N–H and O–H groups in total. The lowest BCUT2D eigenvalue weighted by atomic mass is 10.1. The van der Waals surface area contributed by atoms with E-state index in [1.807, 2.05) is 77.7 Å². The van der Waals surface area contributed by atoms with Crippen molar-refractivity contribution in [1.82, 2.24) is 20.0 Å². The van der Waals surface area contributed by atoms with Gasteiger partial charge in [-0.15, -0.1) is 0 Å². The number of amides is 1. The minimum absolute atomic E-state index is 0.0476. The standard InChI is InChI=1S/C24H22N4O2/c29-23(12-11-22-26-24(27-30-22)21-13-15-25-16-14-21)28(17-19-7-3-1-4-8-19)18-20-9-5-2-6-10-20/h1-10,13-16H,11-12,17-18H2. The number of hydrogen-bond donors (Lipinski definition) is 0. The molecule has 2 aromatic carbocycles. The maximum atomic E-state index is 13.0. The number of benzene rings is 2. The third kappa shape index (κ3) is 5.17. The summed E-state index contributed by atoms with van der Waals surface area (Å²) in [5.41, 5.74) is 3.03. The fourth-order valence-corrected chi connectivity index (χ4v) is 3.19. The molecule has 30 heavy (non-hydrogen) atoms. The lowest BCUT2D eigenvalue weighted by Gasteiger charge is -2.23. The second-order valence-electron chi connectivity index (χ2n) is 6.97. The molecule has 0 saturated carbocycles. The van der Waals surface area contributed by atoms with Crippen molar-refractivity contribution in [3.8, 4) is 11.4 Å². The first-order valence-corrected chi connectivity index (χ1v) is 9.86. The Labute approximate surface area is 175 Å². The summed E-state index contributed by atoms with van der Waals surface area (Å²) in [4.78, 5) is 23.3. The normalized spacial score (nSPS) is 10.7. The lowest BCUT2D eigenvalue weighted by molar-refractivity contribution is -0.132. The van der Waals surface area contributed by atoms with E-state index in [4.69, 9.17) is 4.52 Å². The number of pyridine rings is 1. The van der Waals surface area contributed by atoms with Crippen molar-refractivity contribution in [1.29, 1.82) is 0 Å². The van der Waals surface area contributed by atoms with Gasteiger partial charge < -0.3 is 9.42 Å². The van der Waals surface area contributed by atoms with E-state index in [-0.39, 0.29) is 5.91 Å². The van der Waals surface area contributed by atoms with E-state index in [1.54, 1.807) is 12.4 Å². The van der Waals surface area contributed by atoms with Crippen molar-refractivity contribution in [2.45, 2.75) is 25.9 Å². The van der Waals surface area contributed by atoms with Gasteiger partial charge in [0.2, 0.25) is 17.6 Å². The van der Waals surface area contributed by atoms with Crippen molar-refractivity contribution in [2.24, 2.45) is 0 Å². The van der Waals surface area contributed by atoms with Gasteiger partial charge in [-0.25, -0.2) is 0 Å². The summed E-state index contributed by atoms with van der Waals surface area (Å²) < 4.78 is 5.33. The Bertz CT molecular complexity index is 1020. The molecule has 0 radical (unpaired) electrons. The maximum Gasteiger partial charge on any atom is 0.227 e. The third-order valence-electron chi connectivity index (χ3n) is 4.74. The maximum absolute atomic E-state index is 13.0. The second-order valence-corrected chi connectivity index (χ2v) is 6.97. The van der Waals surface area contributed by atoms with Crippen molar-refractivity contribution in [3.05, 3.63) is 102 Å². The summed E-state index contributed by atoms with van der Waals surface area (Å²) >= 11 is 0. The van der Waals surface area contributed by atoms with E-state index in [9.17, 15) is 4.79 Å². The number of hydrogen-bond acceptors (Lipinski definition) is 5. The summed E-state index contributed by atoms with van der Waals surface area (Å²) in [7, 11) is 0. The Balaban J connectivity index is 1.43. The van der Waals surface area contributed by atoms with Crippen LogP contribution in [0.4, 0.5) is 0 Å². The van der Waals surface area contributed by atoms with Crippen molar-refractivity contribution < 1.29 is 9.32 Å². The molecule has 6 nitrogen and oxygen atoms in total. The van der Waals surface area contributed by atoms with E-state index in [1.165, 1.54) is 0 Å². The van der Waals surface area contributed by atoms with E-state index in [0.717, 1.165) is 16.7 Å². The molecule has 0 unspecified atom stereocenters. The predicted octanol–water partition coefficient (Wildman–Crippen LogP) is 4.29. The summed E-state index contributed by atoms with van der Waals surface area (Å²) in [6, 6.07) is 23.7. The Morgan fingerprint density at radius 2 is 1.43 bits per heavy atom. The molecule has 0 aliphatic heterocycles. The molecule has 4 rings (SSSR count). The van der Waals surface area contributed by atoms with Crippen LogP contribution >= 0.6 is 0 Å². The van der Waals surface area contributed by atoms with Gasteiger partial charge in [-0.05, 0) is 23.3 Å². The second kappa shape index (κ2) is 9.60. The summed E-state index contributed by atoms with van der Waals surface area (Å²) in [6.45, 7) is 1.11. The largest absolute Gasteiger partial charge is 0.339 e. The molecule has 0 atom stereocenters. The highest BCUT2D eigenvalue weighted by molar-refractivity contribution is 5.76. The molecular weight excluding hydrogens is 376 g/mol. The quantitative estimate of drug-likeness (QED) is 0.443. The predicted molar refractivity (Wildman–Crippen MR) is 113 cm³/mol. The Morgan fingerprint density at radius 1 is 0.833 bits per heavy atom. The SMILES string of the molecule is O=C(CCc1nc(-c2ccncc2)no1)N(Cc1ccccc1)Cc1ccccc1. The molecule has 0 fully saturated rings. The van der Waals surface area contributed by atoms with Crippen LogP contribution < -0.4 is 0 Å². The molecule has 2 aromatic heterocycles. The van der Waals surface area contributed by atoms with Crippen LogP contribution in [0.2, 0.25) is 0 Å². The molecule has 2 heterocycles. The number of rotatable bonds is 8. The fourth-order valence-electron chi connectivity index (χ4n) is 3.19. The van der Waals surface area contributed by atoms with Crippen LogP contribution in [-0.4, -0.2) is 25.9 Å². The van der Waals surface area contributed by atoms with Crippen LogP contribution in [0.25, 0.3) is 11.4 Å². The van der Waals surface area contributed by atoms with Crippen LogP contribution in [0, 0.1) is 0 Å². The van der Waals surface area contributed by atoms with Gasteiger partial charge in [0, 0.05) is 43.9 Å². The highest BCUT2D eigenvalue weighted by Crippen LogP contribution is 2.16.